The van der Waals surface area contributed by atoms with Gasteiger partial charge in [-0.3, -0.25) is 4.79 Å². The zero-order chi connectivity index (χ0) is 16.8. The van der Waals surface area contributed by atoms with Gasteiger partial charge in [0.25, 0.3) is 0 Å². The molecular formula is C16H21F2NO4. The van der Waals surface area contributed by atoms with E-state index in [1.54, 1.807) is 12.1 Å². The summed E-state index contributed by atoms with van der Waals surface area (Å²) in [7, 11) is 3.35. The van der Waals surface area contributed by atoms with Crippen molar-refractivity contribution >= 4 is 5.97 Å². The molecule has 0 N–H and O–H groups in total. The van der Waals surface area contributed by atoms with Crippen molar-refractivity contribution in [3.8, 4) is 11.5 Å². The molecule has 7 heteroatoms. The number of benzene rings is 1. The van der Waals surface area contributed by atoms with Crippen molar-refractivity contribution in [2.45, 2.75) is 26.0 Å². The molecule has 0 radical (unpaired) electrons. The molecule has 1 aromatic rings. The third-order valence-electron chi connectivity index (χ3n) is 3.80. The second kappa shape index (κ2) is 8.10. The van der Waals surface area contributed by atoms with Crippen molar-refractivity contribution in [3.63, 3.8) is 0 Å². The summed E-state index contributed by atoms with van der Waals surface area (Å²) in [6.45, 7) is -1.01. The molecule has 1 fully saturated rings. The molecule has 1 heterocycles. The summed E-state index contributed by atoms with van der Waals surface area (Å²) in [5.74, 6) is 0.153. The number of carbonyl (C=O) groups excluding carboxylic acids is 1. The summed E-state index contributed by atoms with van der Waals surface area (Å²) in [4.78, 5) is 13.5. The number of alkyl halides is 2. The van der Waals surface area contributed by atoms with Crippen molar-refractivity contribution in [2.75, 3.05) is 27.3 Å². The van der Waals surface area contributed by atoms with Gasteiger partial charge in [-0.25, -0.2) is 0 Å². The van der Waals surface area contributed by atoms with E-state index in [4.69, 9.17) is 9.47 Å². The first-order chi connectivity index (χ1) is 11.0. The summed E-state index contributed by atoms with van der Waals surface area (Å²) in [6.07, 6.45) is 1.53. The Bertz CT molecular complexity index is 539. The van der Waals surface area contributed by atoms with Gasteiger partial charge in [0.05, 0.1) is 19.6 Å². The number of carbonyl (C=O) groups is 1. The molecule has 1 aliphatic heterocycles. The Kier molecular flexibility index (Phi) is 6.15. The van der Waals surface area contributed by atoms with Crippen molar-refractivity contribution in [3.05, 3.63) is 23.8 Å². The fourth-order valence-corrected chi connectivity index (χ4v) is 2.57. The highest BCUT2D eigenvalue weighted by atomic mass is 19.3. The third kappa shape index (κ3) is 5.06. The number of methoxy groups -OCH3 is 1. The molecule has 5 nitrogen and oxygen atoms in total. The van der Waals surface area contributed by atoms with Gasteiger partial charge in [-0.05, 0) is 44.1 Å². The predicted molar refractivity (Wildman–Crippen MR) is 79.6 cm³/mol. The standard InChI is InChI=1S/C16H21F2NO4/c1-19(7-5-12-6-8-22-15(12)20)10-11-3-4-13(23-16(17)18)14(9-11)21-2/h3-4,9,12,16H,5-8,10H2,1-2H3. The fraction of sp³-hybridized carbons (Fsp3) is 0.562. The Balaban J connectivity index is 1.89. The normalized spacial score (nSPS) is 17.7. The van der Waals surface area contributed by atoms with E-state index in [2.05, 4.69) is 9.64 Å². The second-order valence-electron chi connectivity index (χ2n) is 5.54. The van der Waals surface area contributed by atoms with Gasteiger partial charge in [-0.2, -0.15) is 8.78 Å². The Morgan fingerprint density at radius 1 is 1.39 bits per heavy atom. The molecule has 1 unspecified atom stereocenters. The van der Waals surface area contributed by atoms with Crippen molar-refractivity contribution in [1.29, 1.82) is 0 Å². The molecule has 0 saturated carbocycles. The average Bonchev–Trinajstić information content (AvgIpc) is 2.91. The van der Waals surface area contributed by atoms with Crippen LogP contribution in [0.5, 0.6) is 11.5 Å². The van der Waals surface area contributed by atoms with Crippen LogP contribution in [0.25, 0.3) is 0 Å². The van der Waals surface area contributed by atoms with Crippen LogP contribution in [-0.4, -0.2) is 44.8 Å². The van der Waals surface area contributed by atoms with E-state index in [-0.39, 0.29) is 23.4 Å². The molecular weight excluding hydrogens is 308 g/mol. The molecule has 1 atom stereocenters. The van der Waals surface area contributed by atoms with Crippen molar-refractivity contribution in [2.24, 2.45) is 5.92 Å². The van der Waals surface area contributed by atoms with Gasteiger partial charge in [0.2, 0.25) is 0 Å². The molecule has 1 aliphatic rings. The van der Waals surface area contributed by atoms with Crippen molar-refractivity contribution < 1.29 is 27.8 Å². The van der Waals surface area contributed by atoms with Crippen molar-refractivity contribution in [1.82, 2.24) is 4.90 Å². The lowest BCUT2D eigenvalue weighted by Crippen LogP contribution is -2.22. The van der Waals surface area contributed by atoms with Crippen LogP contribution in [-0.2, 0) is 16.1 Å². The largest absolute Gasteiger partial charge is 0.493 e. The maximum Gasteiger partial charge on any atom is 0.387 e. The summed E-state index contributed by atoms with van der Waals surface area (Å²) < 4.78 is 39.0. The van der Waals surface area contributed by atoms with Crippen LogP contribution in [0.15, 0.2) is 18.2 Å². The monoisotopic (exact) mass is 329 g/mol. The lowest BCUT2D eigenvalue weighted by Gasteiger charge is -2.19. The van der Waals surface area contributed by atoms with E-state index in [1.165, 1.54) is 13.2 Å². The minimum atomic E-state index is -2.89. The van der Waals surface area contributed by atoms with Crippen LogP contribution in [0.3, 0.4) is 0 Å². The number of hydrogen-bond donors (Lipinski definition) is 0. The molecule has 0 spiro atoms. The van der Waals surface area contributed by atoms with Crippen LogP contribution in [0.4, 0.5) is 8.78 Å². The van der Waals surface area contributed by atoms with E-state index < -0.39 is 6.61 Å². The maximum atomic E-state index is 12.3. The second-order valence-corrected chi connectivity index (χ2v) is 5.54. The molecule has 0 aliphatic carbocycles. The Morgan fingerprint density at radius 3 is 2.78 bits per heavy atom. The van der Waals surface area contributed by atoms with Gasteiger partial charge in [-0.15, -0.1) is 0 Å². The molecule has 0 bridgehead atoms. The number of ether oxygens (including phenoxy) is 3. The molecule has 1 aromatic carbocycles. The van der Waals surface area contributed by atoms with Gasteiger partial charge >= 0.3 is 12.6 Å². The van der Waals surface area contributed by atoms with Crippen LogP contribution in [0.1, 0.15) is 18.4 Å². The number of esters is 1. The number of hydrogen-bond acceptors (Lipinski definition) is 5. The maximum absolute atomic E-state index is 12.3. The van der Waals surface area contributed by atoms with Gasteiger partial charge in [-0.1, -0.05) is 6.07 Å². The third-order valence-corrected chi connectivity index (χ3v) is 3.80. The first kappa shape index (κ1) is 17.5. The Hall–Kier alpha value is -1.89. The highest BCUT2D eigenvalue weighted by Crippen LogP contribution is 2.30. The predicted octanol–water partition coefficient (Wildman–Crippen LogP) is 2.68. The number of halogens is 2. The first-order valence-electron chi connectivity index (χ1n) is 7.46. The number of rotatable bonds is 8. The molecule has 1 saturated heterocycles. The van der Waals surface area contributed by atoms with Gasteiger partial charge < -0.3 is 19.1 Å². The van der Waals surface area contributed by atoms with E-state index in [0.29, 0.717) is 13.2 Å². The Labute approximate surface area is 134 Å². The zero-order valence-corrected chi connectivity index (χ0v) is 13.3. The van der Waals surface area contributed by atoms with Crippen LogP contribution in [0, 0.1) is 5.92 Å². The van der Waals surface area contributed by atoms with Gasteiger partial charge in [0.15, 0.2) is 11.5 Å². The van der Waals surface area contributed by atoms with E-state index in [1.807, 2.05) is 7.05 Å². The van der Waals surface area contributed by atoms with Crippen LogP contribution < -0.4 is 9.47 Å². The SMILES string of the molecule is COc1cc(CN(C)CCC2CCOC2=O)ccc1OC(F)F. The quantitative estimate of drug-likeness (QED) is 0.686. The van der Waals surface area contributed by atoms with E-state index in [0.717, 1.165) is 24.9 Å². The Morgan fingerprint density at radius 2 is 2.17 bits per heavy atom. The molecule has 2 rings (SSSR count). The fourth-order valence-electron chi connectivity index (χ4n) is 2.57. The van der Waals surface area contributed by atoms with Crippen LogP contribution >= 0.6 is 0 Å². The minimum absolute atomic E-state index is 0.0163. The van der Waals surface area contributed by atoms with E-state index in [9.17, 15) is 13.6 Å². The summed E-state index contributed by atoms with van der Waals surface area (Å²) in [5.41, 5.74) is 0.917. The highest BCUT2D eigenvalue weighted by Gasteiger charge is 2.26. The summed E-state index contributed by atoms with van der Waals surface area (Å²) in [5, 5.41) is 0. The highest BCUT2D eigenvalue weighted by molar-refractivity contribution is 5.74. The molecule has 0 aromatic heterocycles. The lowest BCUT2D eigenvalue weighted by atomic mass is 10.0. The van der Waals surface area contributed by atoms with Gasteiger partial charge in [0.1, 0.15) is 0 Å². The summed E-state index contributed by atoms with van der Waals surface area (Å²) >= 11 is 0. The minimum Gasteiger partial charge on any atom is -0.493 e. The lowest BCUT2D eigenvalue weighted by molar-refractivity contribution is -0.141. The number of nitrogens with zero attached hydrogens (tertiary/aromatic N) is 1. The first-order valence-corrected chi connectivity index (χ1v) is 7.46. The topological polar surface area (TPSA) is 48.0 Å². The molecule has 0 amide bonds. The number of cyclic esters (lactones) is 1. The smallest absolute Gasteiger partial charge is 0.387 e. The summed E-state index contributed by atoms with van der Waals surface area (Å²) in [6, 6.07) is 4.88. The molecule has 128 valence electrons. The average molecular weight is 329 g/mol. The van der Waals surface area contributed by atoms with E-state index >= 15 is 0 Å². The van der Waals surface area contributed by atoms with Gasteiger partial charge in [0, 0.05) is 6.54 Å². The molecule has 23 heavy (non-hydrogen) atoms. The van der Waals surface area contributed by atoms with Crippen LogP contribution in [0.2, 0.25) is 0 Å². The zero-order valence-electron chi connectivity index (χ0n) is 13.3.